The summed E-state index contributed by atoms with van der Waals surface area (Å²) >= 11 is 0. The Labute approximate surface area is 109 Å². The predicted octanol–water partition coefficient (Wildman–Crippen LogP) is 2.10. The lowest BCUT2D eigenvalue weighted by Crippen LogP contribution is -2.11. The van der Waals surface area contributed by atoms with Crippen LogP contribution in [-0.4, -0.2) is 11.0 Å². The number of phenolic OH excluding ortho intramolecular Hbond substituents is 1. The number of nitrogens with one attached hydrogen (secondary N) is 1. The first-order valence-corrected chi connectivity index (χ1v) is 5.50. The summed E-state index contributed by atoms with van der Waals surface area (Å²) in [6.07, 6.45) is 0. The standard InChI is InChI=1S/C14H11N3O2/c15-8-9-1-4-11(5-2-9)17-14(19)10-3-6-12(16)13(18)7-10/h1-7,18H,16H2,(H,17,19). The molecule has 0 aromatic heterocycles. The van der Waals surface area contributed by atoms with Gasteiger partial charge >= 0.3 is 0 Å². The second-order valence-electron chi connectivity index (χ2n) is 3.92. The summed E-state index contributed by atoms with van der Waals surface area (Å²) in [6, 6.07) is 12.8. The Morgan fingerprint density at radius 3 is 2.47 bits per heavy atom. The normalized spacial score (nSPS) is 9.63. The van der Waals surface area contributed by atoms with Crippen LogP contribution >= 0.6 is 0 Å². The molecule has 0 aliphatic heterocycles. The third-order valence-electron chi connectivity index (χ3n) is 2.56. The van der Waals surface area contributed by atoms with E-state index >= 15 is 0 Å². The van der Waals surface area contributed by atoms with E-state index in [1.54, 1.807) is 24.3 Å². The summed E-state index contributed by atoms with van der Waals surface area (Å²) in [5, 5.41) is 20.8. The van der Waals surface area contributed by atoms with Crippen LogP contribution in [0.2, 0.25) is 0 Å². The van der Waals surface area contributed by atoms with Crippen LogP contribution in [0.25, 0.3) is 0 Å². The largest absolute Gasteiger partial charge is 0.506 e. The molecule has 0 bridgehead atoms. The number of anilines is 2. The fraction of sp³-hybridized carbons (Fsp3) is 0. The number of amides is 1. The predicted molar refractivity (Wildman–Crippen MR) is 71.6 cm³/mol. The van der Waals surface area contributed by atoms with Gasteiger partial charge in [0, 0.05) is 11.3 Å². The van der Waals surface area contributed by atoms with Crippen molar-refractivity contribution >= 4 is 17.3 Å². The van der Waals surface area contributed by atoms with Crippen molar-refractivity contribution in [3.63, 3.8) is 0 Å². The number of benzene rings is 2. The van der Waals surface area contributed by atoms with E-state index in [-0.39, 0.29) is 17.3 Å². The Bertz CT molecular complexity index is 657. The second kappa shape index (κ2) is 5.10. The number of hydrogen-bond acceptors (Lipinski definition) is 4. The van der Waals surface area contributed by atoms with Gasteiger partial charge in [-0.05, 0) is 42.5 Å². The SMILES string of the molecule is N#Cc1ccc(NC(=O)c2ccc(N)c(O)c2)cc1. The molecule has 0 unspecified atom stereocenters. The van der Waals surface area contributed by atoms with Crippen LogP contribution in [0.3, 0.4) is 0 Å². The van der Waals surface area contributed by atoms with Crippen LogP contribution in [0.5, 0.6) is 5.75 Å². The molecule has 19 heavy (non-hydrogen) atoms. The number of hydrogen-bond donors (Lipinski definition) is 3. The quantitative estimate of drug-likeness (QED) is 0.563. The summed E-state index contributed by atoms with van der Waals surface area (Å²) in [5.41, 5.74) is 7.07. The van der Waals surface area contributed by atoms with Crippen LogP contribution in [0.4, 0.5) is 11.4 Å². The molecule has 0 spiro atoms. The molecule has 0 saturated carbocycles. The third kappa shape index (κ3) is 2.82. The molecule has 1 amide bonds. The van der Waals surface area contributed by atoms with Crippen LogP contribution < -0.4 is 11.1 Å². The molecule has 5 nitrogen and oxygen atoms in total. The highest BCUT2D eigenvalue weighted by atomic mass is 16.3. The summed E-state index contributed by atoms with van der Waals surface area (Å²) in [5.74, 6) is -0.493. The van der Waals surface area contributed by atoms with Gasteiger partial charge in [-0.15, -0.1) is 0 Å². The smallest absolute Gasteiger partial charge is 0.255 e. The van der Waals surface area contributed by atoms with E-state index in [9.17, 15) is 9.90 Å². The van der Waals surface area contributed by atoms with Crippen LogP contribution in [-0.2, 0) is 0 Å². The number of rotatable bonds is 2. The topological polar surface area (TPSA) is 99.1 Å². The van der Waals surface area contributed by atoms with Gasteiger partial charge in [0.05, 0.1) is 17.3 Å². The molecular formula is C14H11N3O2. The highest BCUT2D eigenvalue weighted by Gasteiger charge is 2.08. The average Bonchev–Trinajstić information content (AvgIpc) is 2.42. The highest BCUT2D eigenvalue weighted by Crippen LogP contribution is 2.21. The van der Waals surface area contributed by atoms with E-state index in [2.05, 4.69) is 5.32 Å². The average molecular weight is 253 g/mol. The van der Waals surface area contributed by atoms with Crippen molar-refractivity contribution in [2.45, 2.75) is 0 Å². The first-order valence-electron chi connectivity index (χ1n) is 5.50. The van der Waals surface area contributed by atoms with Gasteiger partial charge in [-0.1, -0.05) is 0 Å². The van der Waals surface area contributed by atoms with Crippen molar-refractivity contribution in [1.29, 1.82) is 5.26 Å². The number of nitrogens with zero attached hydrogens (tertiary/aromatic N) is 1. The van der Waals surface area contributed by atoms with E-state index in [1.807, 2.05) is 6.07 Å². The monoisotopic (exact) mass is 253 g/mol. The fourth-order valence-electron chi connectivity index (χ4n) is 1.52. The van der Waals surface area contributed by atoms with Crippen molar-refractivity contribution in [3.05, 3.63) is 53.6 Å². The number of nitrogen functional groups attached to an aromatic ring is 1. The van der Waals surface area contributed by atoms with Crippen molar-refractivity contribution in [2.24, 2.45) is 0 Å². The van der Waals surface area contributed by atoms with Crippen LogP contribution in [0.15, 0.2) is 42.5 Å². The number of nitriles is 1. The zero-order valence-corrected chi connectivity index (χ0v) is 9.92. The molecule has 0 fully saturated rings. The Morgan fingerprint density at radius 1 is 1.21 bits per heavy atom. The van der Waals surface area contributed by atoms with Crippen molar-refractivity contribution in [3.8, 4) is 11.8 Å². The first-order chi connectivity index (χ1) is 9.10. The molecule has 94 valence electrons. The van der Waals surface area contributed by atoms with Crippen molar-refractivity contribution in [1.82, 2.24) is 0 Å². The molecule has 5 heteroatoms. The Kier molecular flexibility index (Phi) is 3.35. The van der Waals surface area contributed by atoms with E-state index in [0.717, 1.165) is 0 Å². The molecule has 0 aliphatic rings. The molecule has 0 atom stereocenters. The molecule has 4 N–H and O–H groups in total. The number of carbonyl (C=O) groups is 1. The zero-order chi connectivity index (χ0) is 13.8. The maximum atomic E-state index is 11.9. The van der Waals surface area contributed by atoms with Gasteiger partial charge < -0.3 is 16.2 Å². The van der Waals surface area contributed by atoms with Crippen LogP contribution in [0, 0.1) is 11.3 Å². The first kappa shape index (κ1) is 12.5. The van der Waals surface area contributed by atoms with Crippen LogP contribution in [0.1, 0.15) is 15.9 Å². The summed E-state index contributed by atoms with van der Waals surface area (Å²) in [7, 11) is 0. The molecule has 0 saturated heterocycles. The fourth-order valence-corrected chi connectivity index (χ4v) is 1.52. The maximum Gasteiger partial charge on any atom is 0.255 e. The van der Waals surface area contributed by atoms with E-state index < -0.39 is 0 Å². The van der Waals surface area contributed by atoms with Gasteiger partial charge in [0.25, 0.3) is 5.91 Å². The van der Waals surface area contributed by atoms with Gasteiger partial charge in [-0.2, -0.15) is 5.26 Å². The lowest BCUT2D eigenvalue weighted by Gasteiger charge is -2.06. The Hall–Kier alpha value is -3.00. The minimum absolute atomic E-state index is 0.132. The minimum Gasteiger partial charge on any atom is -0.506 e. The number of aromatic hydroxyl groups is 1. The van der Waals surface area contributed by atoms with E-state index in [1.165, 1.54) is 18.2 Å². The van der Waals surface area contributed by atoms with E-state index in [4.69, 9.17) is 11.0 Å². The molecule has 2 rings (SSSR count). The summed E-state index contributed by atoms with van der Waals surface area (Å²) in [4.78, 5) is 11.9. The summed E-state index contributed by atoms with van der Waals surface area (Å²) < 4.78 is 0. The summed E-state index contributed by atoms with van der Waals surface area (Å²) in [6.45, 7) is 0. The molecule has 0 aliphatic carbocycles. The third-order valence-corrected chi connectivity index (χ3v) is 2.56. The van der Waals surface area contributed by atoms with E-state index in [0.29, 0.717) is 16.8 Å². The molecule has 0 heterocycles. The van der Waals surface area contributed by atoms with Gasteiger partial charge in [-0.3, -0.25) is 4.79 Å². The van der Waals surface area contributed by atoms with Crippen molar-refractivity contribution in [2.75, 3.05) is 11.1 Å². The Balaban J connectivity index is 2.16. The number of carbonyl (C=O) groups excluding carboxylic acids is 1. The van der Waals surface area contributed by atoms with Crippen molar-refractivity contribution < 1.29 is 9.90 Å². The van der Waals surface area contributed by atoms with Gasteiger partial charge in [0.15, 0.2) is 0 Å². The molecule has 2 aromatic rings. The highest BCUT2D eigenvalue weighted by molar-refractivity contribution is 6.04. The maximum absolute atomic E-state index is 11.9. The Morgan fingerprint density at radius 2 is 1.89 bits per heavy atom. The zero-order valence-electron chi connectivity index (χ0n) is 9.92. The molecular weight excluding hydrogens is 242 g/mol. The van der Waals surface area contributed by atoms with Gasteiger partial charge in [0.2, 0.25) is 0 Å². The second-order valence-corrected chi connectivity index (χ2v) is 3.92. The number of phenols is 1. The lowest BCUT2D eigenvalue weighted by atomic mass is 10.1. The number of nitrogens with two attached hydrogens (primary N) is 1. The van der Waals surface area contributed by atoms with Gasteiger partial charge in [-0.25, -0.2) is 0 Å². The minimum atomic E-state index is -0.361. The molecule has 2 aromatic carbocycles. The lowest BCUT2D eigenvalue weighted by molar-refractivity contribution is 0.102. The molecule has 0 radical (unpaired) electrons. The van der Waals surface area contributed by atoms with Gasteiger partial charge in [0.1, 0.15) is 5.75 Å².